The van der Waals surface area contributed by atoms with Crippen molar-refractivity contribution in [2.45, 2.75) is 12.1 Å². The minimum atomic E-state index is -0.454. The molecule has 1 N–H and O–H groups in total. The summed E-state index contributed by atoms with van der Waals surface area (Å²) in [6.45, 7) is 0. The number of phenolic OH excluding ortho intramolecular Hbond substituents is 1. The number of aliphatic imine (C=N–C) groups is 2. The minimum Gasteiger partial charge on any atom is -0.507 e. The number of fused-ring (bicyclic) bond motifs is 4. The average molecular weight is 909 g/mol. The summed E-state index contributed by atoms with van der Waals surface area (Å²) in [6.07, 6.45) is 3.89. The van der Waals surface area contributed by atoms with Crippen LogP contribution in [0.15, 0.2) is 271 Å². The maximum atomic E-state index is 12.8. The van der Waals surface area contributed by atoms with Gasteiger partial charge in [0, 0.05) is 29.1 Å². The molecule has 336 valence electrons. The first-order chi connectivity index (χ1) is 35.2. The van der Waals surface area contributed by atoms with Gasteiger partial charge in [-0.2, -0.15) is 0 Å². The van der Waals surface area contributed by atoms with E-state index in [9.17, 15) is 5.11 Å². The molecule has 71 heavy (non-hydrogen) atoms. The van der Waals surface area contributed by atoms with Crippen molar-refractivity contribution < 1.29 is 5.11 Å². The molecule has 12 aromatic rings. The van der Waals surface area contributed by atoms with Gasteiger partial charge in [0.15, 0.2) is 0 Å². The quantitative estimate of drug-likeness (QED) is 0.129. The molecule has 0 aliphatic carbocycles. The molecule has 3 nitrogen and oxygen atoms in total. The molecular weight excluding hydrogens is 861 g/mol. The van der Waals surface area contributed by atoms with Crippen LogP contribution in [0.2, 0.25) is 0 Å². The molecule has 0 amide bonds. The van der Waals surface area contributed by atoms with Crippen molar-refractivity contribution in [2.24, 2.45) is 9.98 Å². The Kier molecular flexibility index (Phi) is 11.6. The second-order valence-corrected chi connectivity index (χ2v) is 18.1. The summed E-state index contributed by atoms with van der Waals surface area (Å²) in [5.74, 6) is 0.180. The van der Waals surface area contributed by atoms with Crippen molar-refractivity contribution in [3.63, 3.8) is 0 Å². The summed E-state index contributed by atoms with van der Waals surface area (Å²) in [5, 5.41) is 21.7. The van der Waals surface area contributed by atoms with Crippen LogP contribution in [-0.4, -0.2) is 17.5 Å². The second kappa shape index (κ2) is 19.1. The Hall–Kier alpha value is -9.18. The van der Waals surface area contributed by atoms with Crippen molar-refractivity contribution in [3.8, 4) is 50.3 Å². The largest absolute Gasteiger partial charge is 0.507 e. The van der Waals surface area contributed by atoms with E-state index in [0.717, 1.165) is 71.4 Å². The lowest BCUT2D eigenvalue weighted by Crippen LogP contribution is -2.09. The SMILES string of the molecule is Oc1c(C=NC(c2ccccc2)[C@@H](N=Cc2cc(-c3c(-c4ccccc4)ccc4ccccc34)c3ccccc3c2)c2ccccc2)cc2ccccc2c1-c1c(-c2ccccc2)ccc2ccccc12. The maximum Gasteiger partial charge on any atom is 0.132 e. The minimum absolute atomic E-state index is 0.180. The third kappa shape index (κ3) is 8.34. The fourth-order valence-electron chi connectivity index (χ4n) is 10.5. The highest BCUT2D eigenvalue weighted by atomic mass is 16.3. The Labute approximate surface area is 414 Å². The zero-order chi connectivity index (χ0) is 47.5. The van der Waals surface area contributed by atoms with Crippen LogP contribution < -0.4 is 0 Å². The monoisotopic (exact) mass is 908 g/mol. The zero-order valence-corrected chi connectivity index (χ0v) is 39.0. The Morgan fingerprint density at radius 3 is 1.27 bits per heavy atom. The van der Waals surface area contributed by atoms with Crippen molar-refractivity contribution in [3.05, 3.63) is 283 Å². The van der Waals surface area contributed by atoms with E-state index in [-0.39, 0.29) is 5.75 Å². The van der Waals surface area contributed by atoms with Gasteiger partial charge in [-0.05, 0) is 111 Å². The summed E-state index contributed by atoms with van der Waals surface area (Å²) in [6, 6.07) is 90.6. The van der Waals surface area contributed by atoms with Gasteiger partial charge in [-0.3, -0.25) is 9.98 Å². The van der Waals surface area contributed by atoms with Crippen LogP contribution >= 0.6 is 0 Å². The number of benzene rings is 12. The molecular formula is C68H48N2O. The molecule has 1 unspecified atom stereocenters. The summed E-state index contributed by atoms with van der Waals surface area (Å²) < 4.78 is 0. The van der Waals surface area contributed by atoms with E-state index in [0.29, 0.717) is 5.56 Å². The molecule has 0 aliphatic rings. The number of hydrogen-bond donors (Lipinski definition) is 1. The van der Waals surface area contributed by atoms with Crippen molar-refractivity contribution in [1.82, 2.24) is 0 Å². The van der Waals surface area contributed by atoms with Crippen LogP contribution in [0.3, 0.4) is 0 Å². The Bertz CT molecular complexity index is 3940. The van der Waals surface area contributed by atoms with E-state index in [1.54, 1.807) is 0 Å². The highest BCUT2D eigenvalue weighted by Crippen LogP contribution is 2.47. The molecule has 2 atom stereocenters. The second-order valence-electron chi connectivity index (χ2n) is 18.1. The zero-order valence-electron chi connectivity index (χ0n) is 39.0. The molecule has 0 saturated carbocycles. The van der Waals surface area contributed by atoms with Gasteiger partial charge in [0.05, 0.1) is 0 Å². The fourth-order valence-corrected chi connectivity index (χ4v) is 10.5. The third-order valence-corrected chi connectivity index (χ3v) is 13.8. The van der Waals surface area contributed by atoms with Gasteiger partial charge in [0.25, 0.3) is 0 Å². The smallest absolute Gasteiger partial charge is 0.132 e. The molecule has 0 radical (unpaired) electrons. The van der Waals surface area contributed by atoms with E-state index in [4.69, 9.17) is 9.98 Å². The van der Waals surface area contributed by atoms with Crippen LogP contribution in [0.5, 0.6) is 5.75 Å². The average Bonchev–Trinajstić information content (AvgIpc) is 3.44. The predicted octanol–water partition coefficient (Wildman–Crippen LogP) is 17.7. The van der Waals surface area contributed by atoms with Crippen LogP contribution in [0.1, 0.15) is 34.3 Å². The van der Waals surface area contributed by atoms with Gasteiger partial charge < -0.3 is 5.11 Å². The molecule has 12 rings (SSSR count). The highest BCUT2D eigenvalue weighted by Gasteiger charge is 2.25. The van der Waals surface area contributed by atoms with Crippen LogP contribution in [-0.2, 0) is 0 Å². The van der Waals surface area contributed by atoms with Crippen molar-refractivity contribution in [2.75, 3.05) is 0 Å². The summed E-state index contributed by atoms with van der Waals surface area (Å²) in [4.78, 5) is 11.0. The number of rotatable bonds is 11. The standard InChI is InChI=1S/C68H48N2O/c71-68-55(43-54-32-16-20-36-59(54)65(68)64-58-35-19-14-26-50(58)38-40-61(64)48-23-7-2-8-24-48)45-70-67(52-29-11-4-12-30-52)66(51-27-9-3-10-28-51)69-44-46-41-53-31-15-17-33-56(53)62(42-46)63-57-34-18-13-25-49(57)37-39-60(63)47-21-5-1-6-22-47/h1-45,66-67,71H/t66-,67?/m0/s1. The van der Waals surface area contributed by atoms with E-state index in [1.165, 1.54) is 32.8 Å². The topological polar surface area (TPSA) is 45.0 Å². The lowest BCUT2D eigenvalue weighted by Gasteiger charge is -2.23. The fraction of sp³-hybridized carbons (Fsp3) is 0.0294. The van der Waals surface area contributed by atoms with Gasteiger partial charge in [-0.25, -0.2) is 0 Å². The lowest BCUT2D eigenvalue weighted by atomic mass is 9.86. The molecule has 12 aromatic carbocycles. The highest BCUT2D eigenvalue weighted by molar-refractivity contribution is 6.15. The van der Waals surface area contributed by atoms with Crippen molar-refractivity contribution >= 4 is 55.5 Å². The molecule has 0 aliphatic heterocycles. The summed E-state index contributed by atoms with van der Waals surface area (Å²) >= 11 is 0. The third-order valence-electron chi connectivity index (χ3n) is 13.8. The van der Waals surface area contributed by atoms with E-state index < -0.39 is 12.1 Å². The molecule has 3 heteroatoms. The van der Waals surface area contributed by atoms with Crippen LogP contribution in [0, 0.1) is 0 Å². The number of phenols is 1. The van der Waals surface area contributed by atoms with Gasteiger partial charge in [0.1, 0.15) is 17.8 Å². The molecule has 0 bridgehead atoms. The molecule has 0 aromatic heterocycles. The predicted molar refractivity (Wildman–Crippen MR) is 300 cm³/mol. The number of aromatic hydroxyl groups is 1. The maximum absolute atomic E-state index is 12.8. The first kappa shape index (κ1) is 43.1. The first-order valence-corrected chi connectivity index (χ1v) is 24.2. The van der Waals surface area contributed by atoms with E-state index in [2.05, 4.69) is 237 Å². The summed E-state index contributed by atoms with van der Waals surface area (Å²) in [7, 11) is 0. The Morgan fingerprint density at radius 2 is 0.718 bits per heavy atom. The molecule has 0 spiro atoms. The van der Waals surface area contributed by atoms with Gasteiger partial charge in [-0.15, -0.1) is 0 Å². The van der Waals surface area contributed by atoms with Crippen molar-refractivity contribution in [1.29, 1.82) is 0 Å². The van der Waals surface area contributed by atoms with Gasteiger partial charge >= 0.3 is 0 Å². The number of nitrogens with zero attached hydrogens (tertiary/aromatic N) is 2. The summed E-state index contributed by atoms with van der Waals surface area (Å²) in [5.41, 5.74) is 12.3. The molecule has 0 heterocycles. The van der Waals surface area contributed by atoms with Gasteiger partial charge in [0.2, 0.25) is 0 Å². The normalized spacial score (nSPS) is 12.6. The van der Waals surface area contributed by atoms with Gasteiger partial charge in [-0.1, -0.05) is 243 Å². The Morgan fingerprint density at radius 1 is 0.310 bits per heavy atom. The van der Waals surface area contributed by atoms with Crippen LogP contribution in [0.25, 0.3) is 87.6 Å². The van der Waals surface area contributed by atoms with E-state index >= 15 is 0 Å². The number of hydrogen-bond acceptors (Lipinski definition) is 3. The molecule has 0 fully saturated rings. The molecule has 0 saturated heterocycles. The Balaban J connectivity index is 1.03. The van der Waals surface area contributed by atoms with Crippen LogP contribution in [0.4, 0.5) is 0 Å². The lowest BCUT2D eigenvalue weighted by molar-refractivity contribution is 0.477. The first-order valence-electron chi connectivity index (χ1n) is 24.2. The van der Waals surface area contributed by atoms with E-state index in [1.807, 2.05) is 36.7 Å².